The molecule has 0 aromatic heterocycles. The van der Waals surface area contributed by atoms with E-state index in [2.05, 4.69) is 10.6 Å². The van der Waals surface area contributed by atoms with Crippen LogP contribution in [0, 0.1) is 6.92 Å². The zero-order valence-electron chi connectivity index (χ0n) is 25.9. The molecule has 0 aliphatic heterocycles. The quantitative estimate of drug-likeness (QED) is 0.251. The number of benzene rings is 3. The van der Waals surface area contributed by atoms with Crippen LogP contribution < -0.4 is 16.4 Å². The van der Waals surface area contributed by atoms with Gasteiger partial charge in [-0.15, -0.1) is 0 Å². The summed E-state index contributed by atoms with van der Waals surface area (Å²) in [5.41, 5.74) is 4.80. The lowest BCUT2D eigenvalue weighted by molar-refractivity contribution is -0.148. The molecule has 0 spiro atoms. The van der Waals surface area contributed by atoms with Crippen molar-refractivity contribution in [1.29, 1.82) is 0 Å². The number of nitrogens with zero attached hydrogens (tertiary/aromatic N) is 1. The molecule has 0 heterocycles. The van der Waals surface area contributed by atoms with E-state index in [0.29, 0.717) is 17.7 Å². The number of carbonyl (C=O) groups excluding carboxylic acids is 4. The number of para-hydroxylation sites is 1. The van der Waals surface area contributed by atoms with E-state index in [4.69, 9.17) is 10.5 Å². The third-order valence-corrected chi connectivity index (χ3v) is 7.24. The molecule has 0 saturated heterocycles. The minimum absolute atomic E-state index is 0.155. The Hall–Kier alpha value is -4.60. The van der Waals surface area contributed by atoms with Gasteiger partial charge in [-0.1, -0.05) is 55.5 Å². The van der Waals surface area contributed by atoms with Crippen molar-refractivity contribution in [3.8, 4) is 5.75 Å². The predicted octanol–water partition coefficient (Wildman–Crippen LogP) is 5.32. The van der Waals surface area contributed by atoms with Crippen LogP contribution in [0.2, 0.25) is 0 Å². The molecule has 2 unspecified atom stereocenters. The highest BCUT2D eigenvalue weighted by Crippen LogP contribution is 2.38. The van der Waals surface area contributed by atoms with Crippen LogP contribution in [-0.2, 0) is 19.1 Å². The molecule has 0 fully saturated rings. The third-order valence-electron chi connectivity index (χ3n) is 7.24. The lowest BCUT2D eigenvalue weighted by Crippen LogP contribution is -2.59. The first-order valence-corrected chi connectivity index (χ1v) is 14.2. The average Bonchev–Trinajstić information content (AvgIpc) is 2.91. The van der Waals surface area contributed by atoms with Crippen molar-refractivity contribution in [3.63, 3.8) is 0 Å². The molecule has 10 nitrogen and oxygen atoms in total. The van der Waals surface area contributed by atoms with Crippen molar-refractivity contribution in [1.82, 2.24) is 10.2 Å². The number of primary amides is 1. The van der Waals surface area contributed by atoms with Crippen LogP contribution in [-0.4, -0.2) is 51.0 Å². The van der Waals surface area contributed by atoms with Crippen LogP contribution in [0.1, 0.15) is 71.6 Å². The van der Waals surface area contributed by atoms with Gasteiger partial charge in [-0.25, -0.2) is 4.79 Å². The lowest BCUT2D eigenvalue weighted by atomic mass is 9.90. The molecule has 3 aromatic carbocycles. The summed E-state index contributed by atoms with van der Waals surface area (Å²) < 4.78 is 5.34. The Balaban J connectivity index is 2.16. The number of hydrogen-bond donors (Lipinski definition) is 4. The van der Waals surface area contributed by atoms with Gasteiger partial charge < -0.3 is 31.1 Å². The van der Waals surface area contributed by atoms with Gasteiger partial charge in [0.25, 0.3) is 5.91 Å². The number of aromatic hydroxyl groups is 1. The van der Waals surface area contributed by atoms with Crippen molar-refractivity contribution in [2.24, 2.45) is 5.73 Å². The Morgan fingerprint density at radius 3 is 2.21 bits per heavy atom. The topological polar surface area (TPSA) is 151 Å². The second kappa shape index (κ2) is 13.1. The summed E-state index contributed by atoms with van der Waals surface area (Å²) in [6.45, 7) is 12.1. The van der Waals surface area contributed by atoms with E-state index in [1.165, 1.54) is 4.90 Å². The average molecular weight is 591 g/mol. The molecule has 230 valence electrons. The van der Waals surface area contributed by atoms with Gasteiger partial charge in [0.05, 0.1) is 6.42 Å². The summed E-state index contributed by atoms with van der Waals surface area (Å²) in [6.07, 6.45) is -1.06. The summed E-state index contributed by atoms with van der Waals surface area (Å²) >= 11 is 0. The number of alkyl carbamates (subject to hydrolysis) is 1. The fraction of sp³-hybridized carbons (Fsp3) is 0.394. The highest BCUT2D eigenvalue weighted by Gasteiger charge is 2.44. The van der Waals surface area contributed by atoms with Gasteiger partial charge in [0, 0.05) is 16.8 Å². The van der Waals surface area contributed by atoms with E-state index in [9.17, 15) is 24.3 Å². The molecule has 0 radical (unpaired) electrons. The molecule has 0 saturated carbocycles. The van der Waals surface area contributed by atoms with Crippen LogP contribution in [0.5, 0.6) is 5.75 Å². The summed E-state index contributed by atoms with van der Waals surface area (Å²) in [6, 6.07) is 15.3. The van der Waals surface area contributed by atoms with Gasteiger partial charge in [-0.05, 0) is 76.4 Å². The molecule has 10 heteroatoms. The van der Waals surface area contributed by atoms with Crippen LogP contribution in [0.15, 0.2) is 60.7 Å². The molecule has 4 amide bonds. The van der Waals surface area contributed by atoms with E-state index in [-0.39, 0.29) is 11.3 Å². The Kier molecular flexibility index (Phi) is 10.1. The molecule has 0 aliphatic rings. The molecule has 5 N–H and O–H groups in total. The molecule has 3 aromatic rings. The number of nitrogens with two attached hydrogens (primary N) is 1. The van der Waals surface area contributed by atoms with E-state index in [1.54, 1.807) is 65.8 Å². The number of nitrogens with one attached hydrogen (secondary N) is 2. The van der Waals surface area contributed by atoms with Gasteiger partial charge in [-0.2, -0.15) is 0 Å². The fourth-order valence-electron chi connectivity index (χ4n) is 4.74. The Labute approximate surface area is 252 Å². The number of hydrogen-bond acceptors (Lipinski definition) is 6. The van der Waals surface area contributed by atoms with Gasteiger partial charge in [0.1, 0.15) is 23.4 Å². The number of carbonyl (C=O) groups is 4. The smallest absolute Gasteiger partial charge is 0.408 e. The zero-order chi connectivity index (χ0) is 32.1. The van der Waals surface area contributed by atoms with Crippen LogP contribution in [0.4, 0.5) is 10.5 Å². The highest BCUT2D eigenvalue weighted by atomic mass is 16.6. The van der Waals surface area contributed by atoms with E-state index in [1.807, 2.05) is 43.3 Å². The SMILES string of the molecule is CCC(C)(C)N(C(=O)C(CC(N)=O)NC(=O)OC(C)(C)C)C(C(=O)Nc1ccc2ccccc2c1)c1cccc(C)c1O. The monoisotopic (exact) mass is 590 g/mol. The van der Waals surface area contributed by atoms with Crippen LogP contribution in [0.25, 0.3) is 10.8 Å². The largest absolute Gasteiger partial charge is 0.507 e. The summed E-state index contributed by atoms with van der Waals surface area (Å²) in [4.78, 5) is 54.8. The minimum atomic E-state index is -1.44. The first kappa shape index (κ1) is 32.9. The van der Waals surface area contributed by atoms with Gasteiger partial charge in [0.2, 0.25) is 11.8 Å². The van der Waals surface area contributed by atoms with Gasteiger partial charge in [0.15, 0.2) is 0 Å². The lowest BCUT2D eigenvalue weighted by Gasteiger charge is -2.44. The first-order chi connectivity index (χ1) is 20.0. The van der Waals surface area contributed by atoms with Crippen LogP contribution >= 0.6 is 0 Å². The van der Waals surface area contributed by atoms with Crippen LogP contribution in [0.3, 0.4) is 0 Å². The number of aryl methyl sites for hydroxylation is 1. The zero-order valence-corrected chi connectivity index (χ0v) is 25.9. The third kappa shape index (κ3) is 8.24. The number of fused-ring (bicyclic) bond motifs is 1. The number of phenolic OH excluding ortho intramolecular Hbond substituents is 1. The predicted molar refractivity (Wildman–Crippen MR) is 166 cm³/mol. The maximum atomic E-state index is 14.4. The van der Waals surface area contributed by atoms with E-state index < -0.39 is 53.5 Å². The summed E-state index contributed by atoms with van der Waals surface area (Å²) in [7, 11) is 0. The van der Waals surface area contributed by atoms with Crippen molar-refractivity contribution >= 4 is 40.3 Å². The Bertz CT molecular complexity index is 1510. The molecule has 3 rings (SSSR count). The number of phenols is 1. The molecule has 0 aliphatic carbocycles. The van der Waals surface area contributed by atoms with Crippen molar-refractivity contribution in [3.05, 3.63) is 71.8 Å². The molecular weight excluding hydrogens is 548 g/mol. The standard InChI is InChI=1S/C33H42N4O6/c1-8-33(6,7)37(30(41)25(19-26(34)38)36-31(42)43-32(3,4)5)27(24-15-11-12-20(2)28(24)39)29(40)35-23-17-16-21-13-9-10-14-22(21)18-23/h9-18,25,27,39H,8,19H2,1-7H3,(H2,34,38)(H,35,40)(H,36,42). The molecule has 2 atom stereocenters. The Morgan fingerprint density at radius 2 is 1.60 bits per heavy atom. The maximum absolute atomic E-state index is 14.4. The van der Waals surface area contributed by atoms with Crippen molar-refractivity contribution in [2.75, 3.05) is 5.32 Å². The number of anilines is 1. The normalized spacial score (nSPS) is 13.1. The number of amides is 4. The fourth-order valence-corrected chi connectivity index (χ4v) is 4.74. The number of rotatable bonds is 10. The van der Waals surface area contributed by atoms with Crippen molar-refractivity contribution in [2.45, 2.75) is 84.5 Å². The second-order valence-corrected chi connectivity index (χ2v) is 12.2. The second-order valence-electron chi connectivity index (χ2n) is 12.2. The summed E-state index contributed by atoms with van der Waals surface area (Å²) in [5, 5.41) is 18.4. The molecule has 43 heavy (non-hydrogen) atoms. The van der Waals surface area contributed by atoms with Gasteiger partial charge in [-0.3, -0.25) is 14.4 Å². The van der Waals surface area contributed by atoms with E-state index in [0.717, 1.165) is 10.8 Å². The highest BCUT2D eigenvalue weighted by molar-refractivity contribution is 6.01. The van der Waals surface area contributed by atoms with E-state index >= 15 is 0 Å². The minimum Gasteiger partial charge on any atom is -0.507 e. The molecule has 0 bridgehead atoms. The first-order valence-electron chi connectivity index (χ1n) is 14.2. The Morgan fingerprint density at radius 1 is 0.953 bits per heavy atom. The van der Waals surface area contributed by atoms with Crippen molar-refractivity contribution < 1.29 is 29.0 Å². The maximum Gasteiger partial charge on any atom is 0.408 e. The summed E-state index contributed by atoms with van der Waals surface area (Å²) in [5.74, 6) is -2.33. The van der Waals surface area contributed by atoms with Gasteiger partial charge >= 0.3 is 6.09 Å². The molecular formula is C33H42N4O6. The number of ether oxygens (including phenoxy) is 1.